The van der Waals surface area contributed by atoms with Crippen LogP contribution < -0.4 is 10.3 Å². The molecule has 27 heavy (non-hydrogen) atoms. The molecule has 0 saturated heterocycles. The van der Waals surface area contributed by atoms with Gasteiger partial charge in [0.2, 0.25) is 0 Å². The molecule has 0 atom stereocenters. The van der Waals surface area contributed by atoms with Crippen LogP contribution in [0.5, 0.6) is 5.75 Å². The average molecular weight is 374 g/mol. The van der Waals surface area contributed by atoms with E-state index >= 15 is 0 Å². The molecule has 0 bridgehead atoms. The minimum Gasteiger partial charge on any atom is -0.406 e. The predicted octanol–water partition coefficient (Wildman–Crippen LogP) is 3.65. The number of fused-ring (bicyclic) bond motifs is 3. The fourth-order valence-electron chi connectivity index (χ4n) is 3.02. The monoisotopic (exact) mass is 374 g/mol. The summed E-state index contributed by atoms with van der Waals surface area (Å²) in [7, 11) is 0. The third-order valence-corrected chi connectivity index (χ3v) is 4.13. The van der Waals surface area contributed by atoms with E-state index in [0.717, 1.165) is 0 Å². The Kier molecular flexibility index (Phi) is 3.87. The van der Waals surface area contributed by atoms with Crippen molar-refractivity contribution in [3.63, 3.8) is 0 Å². The van der Waals surface area contributed by atoms with Crippen LogP contribution in [0.15, 0.2) is 53.7 Å². The number of alkyl halides is 3. The molecule has 0 N–H and O–H groups in total. The molecule has 0 spiro atoms. The van der Waals surface area contributed by atoms with Gasteiger partial charge in [-0.05, 0) is 31.2 Å². The molecule has 0 radical (unpaired) electrons. The first-order chi connectivity index (χ1) is 12.9. The molecule has 4 rings (SSSR count). The molecular weight excluding hydrogens is 361 g/mol. The summed E-state index contributed by atoms with van der Waals surface area (Å²) in [5.41, 5.74) is 0.488. The maximum Gasteiger partial charge on any atom is 0.573 e. The van der Waals surface area contributed by atoms with Crippen LogP contribution in [-0.2, 0) is 6.54 Å². The standard InChI is InChI=1S/C18H13F3N4O2/c1-2-24-10-14-13-6-5-12(27-18(19,20)21)8-15(13)25(17(26)16(14)23-24)11-4-3-7-22-9-11/h3-10H,2H2,1H3. The van der Waals surface area contributed by atoms with Gasteiger partial charge in [0, 0.05) is 35.8 Å². The van der Waals surface area contributed by atoms with E-state index in [4.69, 9.17) is 0 Å². The number of hydrogen-bond donors (Lipinski definition) is 0. The molecule has 0 amide bonds. The van der Waals surface area contributed by atoms with Crippen LogP contribution in [0.25, 0.3) is 27.5 Å². The first-order valence-corrected chi connectivity index (χ1v) is 8.09. The Balaban J connectivity index is 2.11. The Labute approximate surface area is 150 Å². The van der Waals surface area contributed by atoms with Crippen LogP contribution in [0, 0.1) is 0 Å². The number of nitrogens with zero attached hydrogens (tertiary/aromatic N) is 4. The first-order valence-electron chi connectivity index (χ1n) is 8.09. The molecule has 0 fully saturated rings. The molecule has 0 saturated carbocycles. The highest BCUT2D eigenvalue weighted by Crippen LogP contribution is 2.30. The summed E-state index contributed by atoms with van der Waals surface area (Å²) in [6, 6.07) is 7.19. The number of aryl methyl sites for hydroxylation is 1. The summed E-state index contributed by atoms with van der Waals surface area (Å²) in [5.74, 6) is -0.408. The van der Waals surface area contributed by atoms with Gasteiger partial charge in [0.25, 0.3) is 5.56 Å². The maximum absolute atomic E-state index is 13.1. The lowest BCUT2D eigenvalue weighted by atomic mass is 10.1. The van der Waals surface area contributed by atoms with Gasteiger partial charge in [-0.25, -0.2) is 0 Å². The Morgan fingerprint density at radius 3 is 2.67 bits per heavy atom. The van der Waals surface area contributed by atoms with Crippen LogP contribution in [0.3, 0.4) is 0 Å². The van der Waals surface area contributed by atoms with Gasteiger partial charge < -0.3 is 4.74 Å². The van der Waals surface area contributed by atoms with Crippen molar-refractivity contribution in [3.8, 4) is 11.4 Å². The van der Waals surface area contributed by atoms with Gasteiger partial charge in [-0.1, -0.05) is 0 Å². The zero-order chi connectivity index (χ0) is 19.2. The molecule has 138 valence electrons. The van der Waals surface area contributed by atoms with E-state index in [9.17, 15) is 18.0 Å². The van der Waals surface area contributed by atoms with Crippen LogP contribution in [-0.4, -0.2) is 25.7 Å². The number of aromatic nitrogens is 4. The number of benzene rings is 1. The molecule has 3 heterocycles. The van der Waals surface area contributed by atoms with E-state index in [1.54, 1.807) is 29.2 Å². The fourth-order valence-corrected chi connectivity index (χ4v) is 3.02. The van der Waals surface area contributed by atoms with Crippen molar-refractivity contribution in [1.29, 1.82) is 0 Å². The van der Waals surface area contributed by atoms with Crippen LogP contribution >= 0.6 is 0 Å². The second kappa shape index (κ2) is 6.11. The molecule has 3 aromatic heterocycles. The molecule has 0 aliphatic rings. The quantitative estimate of drug-likeness (QED) is 0.549. The molecular formula is C18H13F3N4O2. The summed E-state index contributed by atoms with van der Waals surface area (Å²) in [6.45, 7) is 2.43. The molecule has 1 aromatic carbocycles. The second-order valence-electron chi connectivity index (χ2n) is 5.83. The minimum atomic E-state index is -4.83. The molecule has 0 aliphatic heterocycles. The fraction of sp³-hybridized carbons (Fsp3) is 0.167. The highest BCUT2D eigenvalue weighted by Gasteiger charge is 2.31. The topological polar surface area (TPSA) is 61.9 Å². The van der Waals surface area contributed by atoms with Crippen molar-refractivity contribution in [2.75, 3.05) is 0 Å². The third-order valence-electron chi connectivity index (χ3n) is 4.13. The third kappa shape index (κ3) is 3.01. The lowest BCUT2D eigenvalue weighted by molar-refractivity contribution is -0.274. The van der Waals surface area contributed by atoms with Gasteiger partial charge >= 0.3 is 6.36 Å². The van der Waals surface area contributed by atoms with Crippen molar-refractivity contribution < 1.29 is 17.9 Å². The summed E-state index contributed by atoms with van der Waals surface area (Å²) in [6.07, 6.45) is -0.124. The summed E-state index contributed by atoms with van der Waals surface area (Å²) in [5, 5.41) is 5.45. The van der Waals surface area contributed by atoms with E-state index in [0.29, 0.717) is 23.0 Å². The van der Waals surface area contributed by atoms with E-state index in [1.165, 1.54) is 29.0 Å². The number of ether oxygens (including phenoxy) is 1. The maximum atomic E-state index is 13.1. The molecule has 6 nitrogen and oxygen atoms in total. The Morgan fingerprint density at radius 1 is 1.19 bits per heavy atom. The zero-order valence-electron chi connectivity index (χ0n) is 14.1. The van der Waals surface area contributed by atoms with Gasteiger partial charge in [0.15, 0.2) is 5.52 Å². The van der Waals surface area contributed by atoms with Gasteiger partial charge in [0.1, 0.15) is 5.75 Å². The minimum absolute atomic E-state index is 0.234. The Bertz CT molecular complexity index is 1200. The Morgan fingerprint density at radius 2 is 2.00 bits per heavy atom. The van der Waals surface area contributed by atoms with E-state index < -0.39 is 17.7 Å². The van der Waals surface area contributed by atoms with Gasteiger partial charge in [-0.3, -0.25) is 19.0 Å². The van der Waals surface area contributed by atoms with E-state index in [1.807, 2.05) is 6.92 Å². The Hall–Kier alpha value is -3.36. The number of pyridine rings is 2. The van der Waals surface area contributed by atoms with Gasteiger partial charge in [0.05, 0.1) is 17.4 Å². The van der Waals surface area contributed by atoms with E-state index in [2.05, 4.69) is 14.8 Å². The molecule has 0 aliphatic carbocycles. The van der Waals surface area contributed by atoms with E-state index in [-0.39, 0.29) is 11.0 Å². The summed E-state index contributed by atoms with van der Waals surface area (Å²) >= 11 is 0. The lowest BCUT2D eigenvalue weighted by Crippen LogP contribution is -2.20. The molecule has 0 unspecified atom stereocenters. The smallest absolute Gasteiger partial charge is 0.406 e. The number of rotatable bonds is 3. The van der Waals surface area contributed by atoms with Gasteiger partial charge in [-0.15, -0.1) is 13.2 Å². The highest BCUT2D eigenvalue weighted by molar-refractivity contribution is 6.05. The second-order valence-corrected chi connectivity index (χ2v) is 5.83. The SMILES string of the molecule is CCn1cc2c(n1)c(=O)n(-c1cccnc1)c1cc(OC(F)(F)F)ccc21. The highest BCUT2D eigenvalue weighted by atomic mass is 19.4. The number of hydrogen-bond acceptors (Lipinski definition) is 4. The molecule has 9 heteroatoms. The van der Waals surface area contributed by atoms with Crippen molar-refractivity contribution in [2.24, 2.45) is 0 Å². The summed E-state index contributed by atoms with van der Waals surface area (Å²) < 4.78 is 44.8. The van der Waals surface area contributed by atoms with Crippen molar-refractivity contribution >= 4 is 21.8 Å². The average Bonchev–Trinajstić information content (AvgIpc) is 3.06. The first kappa shape index (κ1) is 17.1. The predicted molar refractivity (Wildman–Crippen MR) is 93.0 cm³/mol. The van der Waals surface area contributed by atoms with Crippen LogP contribution in [0.2, 0.25) is 0 Å². The van der Waals surface area contributed by atoms with Crippen LogP contribution in [0.1, 0.15) is 6.92 Å². The normalized spacial score (nSPS) is 12.0. The molecule has 4 aromatic rings. The van der Waals surface area contributed by atoms with Crippen molar-refractivity contribution in [1.82, 2.24) is 19.3 Å². The number of halogens is 3. The summed E-state index contributed by atoms with van der Waals surface area (Å²) in [4.78, 5) is 17.1. The van der Waals surface area contributed by atoms with Gasteiger partial charge in [-0.2, -0.15) is 5.10 Å². The lowest BCUT2D eigenvalue weighted by Gasteiger charge is -2.13. The van der Waals surface area contributed by atoms with Crippen molar-refractivity contribution in [2.45, 2.75) is 19.8 Å². The van der Waals surface area contributed by atoms with Crippen molar-refractivity contribution in [3.05, 3.63) is 59.3 Å². The van der Waals surface area contributed by atoms with Crippen LogP contribution in [0.4, 0.5) is 13.2 Å². The largest absolute Gasteiger partial charge is 0.573 e. The zero-order valence-corrected chi connectivity index (χ0v) is 14.1.